The monoisotopic (exact) mass is 378 g/mol. The zero-order valence-electron chi connectivity index (χ0n) is 13.6. The molecule has 1 aliphatic heterocycles. The van der Waals surface area contributed by atoms with Gasteiger partial charge in [0, 0.05) is 11.1 Å². The maximum absolute atomic E-state index is 13.7. The molecule has 8 heteroatoms. The predicted octanol–water partition coefficient (Wildman–Crippen LogP) is 3.27. The van der Waals surface area contributed by atoms with E-state index >= 15 is 0 Å². The first kappa shape index (κ1) is 18.0. The molecule has 0 radical (unpaired) electrons. The van der Waals surface area contributed by atoms with Gasteiger partial charge < -0.3 is 5.32 Å². The molecular weight excluding hydrogens is 366 g/mol. The van der Waals surface area contributed by atoms with Gasteiger partial charge in [0.25, 0.3) is 5.91 Å². The van der Waals surface area contributed by atoms with Crippen LogP contribution in [0, 0.1) is 11.6 Å². The minimum Gasteiger partial charge on any atom is -0.319 e. The number of benzene rings is 2. The molecule has 1 heterocycles. The van der Waals surface area contributed by atoms with Gasteiger partial charge in [0.1, 0.15) is 17.2 Å². The van der Waals surface area contributed by atoms with Gasteiger partial charge >= 0.3 is 6.03 Å². The van der Waals surface area contributed by atoms with Crippen LogP contribution in [0.2, 0.25) is 5.02 Å². The highest BCUT2D eigenvalue weighted by Gasteiger charge is 2.49. The van der Waals surface area contributed by atoms with E-state index in [0.29, 0.717) is 21.6 Å². The first-order valence-electron chi connectivity index (χ1n) is 7.61. The predicted molar refractivity (Wildman–Crippen MR) is 89.7 cm³/mol. The normalized spacial score (nSPS) is 19.6. The van der Waals surface area contributed by atoms with Crippen molar-refractivity contribution in [3.05, 3.63) is 70.2 Å². The maximum atomic E-state index is 13.7. The Balaban J connectivity index is 1.85. The van der Waals surface area contributed by atoms with E-state index < -0.39 is 47.0 Å². The zero-order chi connectivity index (χ0) is 19.1. The number of hydrogen-bond donors (Lipinski definition) is 1. The quantitative estimate of drug-likeness (QED) is 0.656. The van der Waals surface area contributed by atoms with Gasteiger partial charge in [0.05, 0.1) is 12.1 Å². The van der Waals surface area contributed by atoms with Crippen LogP contribution in [-0.4, -0.2) is 29.2 Å². The molecule has 0 spiro atoms. The van der Waals surface area contributed by atoms with Gasteiger partial charge in [-0.3, -0.25) is 14.5 Å². The average Bonchev–Trinajstić information content (AvgIpc) is 2.79. The Morgan fingerprint density at radius 1 is 1.15 bits per heavy atom. The van der Waals surface area contributed by atoms with Crippen molar-refractivity contribution < 1.29 is 23.2 Å². The molecule has 3 rings (SSSR count). The first-order valence-corrected chi connectivity index (χ1v) is 7.98. The van der Waals surface area contributed by atoms with Crippen LogP contribution in [0.3, 0.4) is 0 Å². The largest absolute Gasteiger partial charge is 0.325 e. The number of nitrogens with one attached hydrogen (secondary N) is 1. The second kappa shape index (κ2) is 6.49. The van der Waals surface area contributed by atoms with Crippen LogP contribution in [-0.2, 0) is 10.3 Å². The molecule has 26 heavy (non-hydrogen) atoms. The third kappa shape index (κ3) is 3.06. The van der Waals surface area contributed by atoms with E-state index in [1.807, 2.05) is 0 Å². The molecule has 1 unspecified atom stereocenters. The first-order chi connectivity index (χ1) is 12.2. The molecule has 5 nitrogen and oxygen atoms in total. The number of Topliss-reactive ketones (excluding diaryl/α,β-unsaturated/α-hetero) is 1. The van der Waals surface area contributed by atoms with E-state index in [1.54, 1.807) is 24.3 Å². The number of imide groups is 1. The lowest BCUT2D eigenvalue weighted by Crippen LogP contribution is -2.41. The summed E-state index contributed by atoms with van der Waals surface area (Å²) in [4.78, 5) is 37.9. The lowest BCUT2D eigenvalue weighted by atomic mass is 9.92. The van der Waals surface area contributed by atoms with E-state index in [4.69, 9.17) is 11.6 Å². The third-order valence-electron chi connectivity index (χ3n) is 4.23. The fourth-order valence-electron chi connectivity index (χ4n) is 2.76. The van der Waals surface area contributed by atoms with Gasteiger partial charge in [0.15, 0.2) is 5.78 Å². The molecule has 134 valence electrons. The molecule has 1 aliphatic rings. The van der Waals surface area contributed by atoms with Crippen molar-refractivity contribution in [3.8, 4) is 0 Å². The van der Waals surface area contributed by atoms with Gasteiger partial charge in [-0.05, 0) is 36.8 Å². The van der Waals surface area contributed by atoms with Crippen molar-refractivity contribution in [2.45, 2.75) is 12.5 Å². The molecule has 3 amide bonds. The molecule has 1 N–H and O–H groups in total. The van der Waals surface area contributed by atoms with Crippen LogP contribution in [0.5, 0.6) is 0 Å². The maximum Gasteiger partial charge on any atom is 0.325 e. The summed E-state index contributed by atoms with van der Waals surface area (Å²) in [5, 5.41) is 3.00. The van der Waals surface area contributed by atoms with Crippen molar-refractivity contribution in [2.75, 3.05) is 6.54 Å². The van der Waals surface area contributed by atoms with Crippen LogP contribution in [0.1, 0.15) is 22.8 Å². The highest BCUT2D eigenvalue weighted by Crippen LogP contribution is 2.29. The van der Waals surface area contributed by atoms with Crippen molar-refractivity contribution >= 4 is 29.3 Å². The van der Waals surface area contributed by atoms with Crippen molar-refractivity contribution in [3.63, 3.8) is 0 Å². The Labute approximate surface area is 152 Å². The summed E-state index contributed by atoms with van der Waals surface area (Å²) in [6, 6.07) is 8.02. The highest BCUT2D eigenvalue weighted by atomic mass is 35.5. The molecule has 0 aromatic heterocycles. The number of ketones is 1. The van der Waals surface area contributed by atoms with Crippen molar-refractivity contribution in [1.82, 2.24) is 10.2 Å². The SMILES string of the molecule is CC1(c2ccc(Cl)cc2)NC(=O)N(CC(=O)c2ccc(F)cc2F)C1=O. The van der Waals surface area contributed by atoms with Crippen LogP contribution < -0.4 is 5.32 Å². The molecule has 0 saturated carbocycles. The number of urea groups is 1. The molecule has 1 atom stereocenters. The molecule has 0 bridgehead atoms. The lowest BCUT2D eigenvalue weighted by Gasteiger charge is -2.22. The Morgan fingerprint density at radius 2 is 1.81 bits per heavy atom. The summed E-state index contributed by atoms with van der Waals surface area (Å²) in [5.74, 6) is -3.35. The number of hydrogen-bond acceptors (Lipinski definition) is 3. The fourth-order valence-corrected chi connectivity index (χ4v) is 2.89. The number of carbonyl (C=O) groups is 3. The average molecular weight is 379 g/mol. The lowest BCUT2D eigenvalue weighted by molar-refractivity contribution is -0.130. The van der Waals surface area contributed by atoms with Crippen LogP contribution in [0.25, 0.3) is 0 Å². The Hall–Kier alpha value is -2.80. The summed E-state index contributed by atoms with van der Waals surface area (Å²) in [6.45, 7) is 0.843. The number of rotatable bonds is 4. The van der Waals surface area contributed by atoms with Crippen molar-refractivity contribution in [1.29, 1.82) is 0 Å². The smallest absolute Gasteiger partial charge is 0.319 e. The summed E-state index contributed by atoms with van der Waals surface area (Å²) < 4.78 is 26.7. The number of amides is 3. The third-order valence-corrected chi connectivity index (χ3v) is 4.48. The van der Waals surface area contributed by atoms with E-state index in [-0.39, 0.29) is 0 Å². The van der Waals surface area contributed by atoms with E-state index in [1.165, 1.54) is 6.92 Å². The summed E-state index contributed by atoms with van der Waals surface area (Å²) >= 11 is 5.83. The van der Waals surface area contributed by atoms with Crippen molar-refractivity contribution in [2.24, 2.45) is 0 Å². The van der Waals surface area contributed by atoms with Gasteiger partial charge in [-0.25, -0.2) is 13.6 Å². The van der Waals surface area contributed by atoms with Gasteiger partial charge in [0.2, 0.25) is 0 Å². The summed E-state index contributed by atoms with van der Waals surface area (Å²) in [7, 11) is 0. The van der Waals surface area contributed by atoms with Gasteiger partial charge in [-0.15, -0.1) is 0 Å². The Bertz CT molecular complexity index is 917. The molecule has 0 aliphatic carbocycles. The van der Waals surface area contributed by atoms with Gasteiger partial charge in [-0.1, -0.05) is 23.7 Å². The highest BCUT2D eigenvalue weighted by molar-refractivity contribution is 6.30. The Kier molecular flexibility index (Phi) is 4.50. The molecule has 1 saturated heterocycles. The topological polar surface area (TPSA) is 66.5 Å². The zero-order valence-corrected chi connectivity index (χ0v) is 14.3. The number of halogens is 3. The second-order valence-electron chi connectivity index (χ2n) is 6.00. The van der Waals surface area contributed by atoms with Crippen LogP contribution >= 0.6 is 11.6 Å². The summed E-state index contributed by atoms with van der Waals surface area (Å²) in [5.41, 5.74) is -1.28. The number of carbonyl (C=O) groups excluding carboxylic acids is 3. The minimum absolute atomic E-state index is 0.396. The number of nitrogens with zero attached hydrogens (tertiary/aromatic N) is 1. The molecule has 1 fully saturated rings. The second-order valence-corrected chi connectivity index (χ2v) is 6.44. The minimum atomic E-state index is -1.37. The molecular formula is C18H13ClF2N2O3. The summed E-state index contributed by atoms with van der Waals surface area (Å²) in [6.07, 6.45) is 0. The Morgan fingerprint density at radius 3 is 2.42 bits per heavy atom. The molecule has 2 aromatic rings. The van der Waals surface area contributed by atoms with E-state index in [0.717, 1.165) is 12.1 Å². The fraction of sp³-hybridized carbons (Fsp3) is 0.167. The van der Waals surface area contributed by atoms with E-state index in [2.05, 4.69) is 5.32 Å². The standard InChI is InChI=1S/C18H13ClF2N2O3/c1-18(10-2-4-11(19)5-3-10)16(25)23(17(26)22-18)9-15(24)13-7-6-12(20)8-14(13)21/h2-8H,9H2,1H3,(H,22,26). The van der Waals surface area contributed by atoms with E-state index in [9.17, 15) is 23.2 Å². The van der Waals surface area contributed by atoms with Gasteiger partial charge in [-0.2, -0.15) is 0 Å². The molecule has 2 aromatic carbocycles. The van der Waals surface area contributed by atoms with Crippen LogP contribution in [0.15, 0.2) is 42.5 Å². The van der Waals surface area contributed by atoms with Crippen LogP contribution in [0.4, 0.5) is 13.6 Å².